The number of carbonyl (C=O) groups is 1. The van der Waals surface area contributed by atoms with E-state index < -0.39 is 0 Å². The fourth-order valence-corrected chi connectivity index (χ4v) is 3.39. The molecule has 0 radical (unpaired) electrons. The normalized spacial score (nSPS) is 10.8. The Bertz CT molecular complexity index is 1020. The number of rotatable bonds is 5. The van der Waals surface area contributed by atoms with Gasteiger partial charge in [-0.05, 0) is 74.2 Å². The minimum Gasteiger partial charge on any atom is -0.495 e. The lowest BCUT2D eigenvalue weighted by Gasteiger charge is -2.15. The van der Waals surface area contributed by atoms with E-state index in [1.165, 1.54) is 12.1 Å². The molecule has 0 unspecified atom stereocenters. The number of hydrogen-bond donors (Lipinski definition) is 1. The summed E-state index contributed by atoms with van der Waals surface area (Å²) in [5, 5.41) is 2.99. The van der Waals surface area contributed by atoms with E-state index in [9.17, 15) is 9.18 Å². The van der Waals surface area contributed by atoms with Crippen molar-refractivity contribution in [1.82, 2.24) is 4.57 Å². The van der Waals surface area contributed by atoms with Gasteiger partial charge in [-0.3, -0.25) is 4.79 Å². The number of aryl methyl sites for hydroxylation is 1. The van der Waals surface area contributed by atoms with E-state index in [2.05, 4.69) is 5.32 Å². The average Bonchev–Trinajstić information content (AvgIpc) is 2.87. The number of methoxy groups -OCH3 is 1. The van der Waals surface area contributed by atoms with Crippen LogP contribution in [0.3, 0.4) is 0 Å². The molecule has 4 nitrogen and oxygen atoms in total. The van der Waals surface area contributed by atoms with Crippen molar-refractivity contribution >= 4 is 11.6 Å². The Morgan fingerprint density at radius 2 is 1.71 bits per heavy atom. The minimum absolute atomic E-state index is 0.195. The zero-order valence-electron chi connectivity index (χ0n) is 16.9. The van der Waals surface area contributed by atoms with Crippen LogP contribution in [0.2, 0.25) is 0 Å². The van der Waals surface area contributed by atoms with Gasteiger partial charge in [-0.2, -0.15) is 0 Å². The number of aromatic nitrogens is 1. The number of nitrogens with zero attached hydrogens (tertiary/aromatic N) is 1. The van der Waals surface area contributed by atoms with E-state index in [4.69, 9.17) is 4.74 Å². The van der Waals surface area contributed by atoms with E-state index in [-0.39, 0.29) is 11.7 Å². The second-order valence-corrected chi connectivity index (χ2v) is 7.05. The summed E-state index contributed by atoms with van der Waals surface area (Å²) >= 11 is 0. The highest BCUT2D eigenvalue weighted by atomic mass is 19.1. The lowest BCUT2D eigenvalue weighted by atomic mass is 10.1. The molecule has 0 spiro atoms. The van der Waals surface area contributed by atoms with Gasteiger partial charge in [-0.25, -0.2) is 4.39 Å². The maximum atomic E-state index is 13.2. The largest absolute Gasteiger partial charge is 0.495 e. The quantitative estimate of drug-likeness (QED) is 0.664. The van der Waals surface area contributed by atoms with Crippen LogP contribution in [0.1, 0.15) is 38.4 Å². The molecule has 0 saturated heterocycles. The molecule has 0 aliphatic heterocycles. The molecular formula is C23H25FN2O2. The summed E-state index contributed by atoms with van der Waals surface area (Å²) in [6, 6.07) is 12.0. The second-order valence-electron chi connectivity index (χ2n) is 7.05. The predicted molar refractivity (Wildman–Crippen MR) is 110 cm³/mol. The zero-order valence-corrected chi connectivity index (χ0v) is 16.9. The Morgan fingerprint density at radius 1 is 1.04 bits per heavy atom. The second kappa shape index (κ2) is 7.89. The van der Waals surface area contributed by atoms with Crippen molar-refractivity contribution in [3.05, 3.63) is 81.9 Å². The zero-order chi connectivity index (χ0) is 20.4. The fourth-order valence-electron chi connectivity index (χ4n) is 3.39. The van der Waals surface area contributed by atoms with Gasteiger partial charge in [-0.1, -0.05) is 18.2 Å². The molecule has 3 aromatic rings. The van der Waals surface area contributed by atoms with Crippen molar-refractivity contribution in [2.45, 2.75) is 34.2 Å². The molecule has 0 aliphatic rings. The maximum Gasteiger partial charge on any atom is 0.272 e. The molecular weight excluding hydrogens is 355 g/mol. The molecule has 0 atom stereocenters. The summed E-state index contributed by atoms with van der Waals surface area (Å²) < 4.78 is 20.6. The van der Waals surface area contributed by atoms with Crippen LogP contribution in [0.5, 0.6) is 5.75 Å². The topological polar surface area (TPSA) is 43.3 Å². The van der Waals surface area contributed by atoms with Crippen molar-refractivity contribution in [3.8, 4) is 5.75 Å². The Morgan fingerprint density at radius 3 is 2.36 bits per heavy atom. The van der Waals surface area contributed by atoms with Gasteiger partial charge in [-0.15, -0.1) is 0 Å². The van der Waals surface area contributed by atoms with Crippen LogP contribution in [-0.4, -0.2) is 17.6 Å². The predicted octanol–water partition coefficient (Wildman–Crippen LogP) is 5.17. The van der Waals surface area contributed by atoms with Crippen LogP contribution < -0.4 is 10.1 Å². The third-order valence-corrected chi connectivity index (χ3v) is 5.21. The highest BCUT2D eigenvalue weighted by Crippen LogP contribution is 2.28. The third-order valence-electron chi connectivity index (χ3n) is 5.21. The van der Waals surface area contributed by atoms with Crippen LogP contribution >= 0.6 is 0 Å². The van der Waals surface area contributed by atoms with Crippen molar-refractivity contribution < 1.29 is 13.9 Å². The molecule has 0 aliphatic carbocycles. The molecule has 0 saturated carbocycles. The average molecular weight is 380 g/mol. The van der Waals surface area contributed by atoms with Gasteiger partial charge in [0.25, 0.3) is 5.91 Å². The van der Waals surface area contributed by atoms with Gasteiger partial charge in [0.2, 0.25) is 0 Å². The van der Waals surface area contributed by atoms with Crippen molar-refractivity contribution in [3.63, 3.8) is 0 Å². The van der Waals surface area contributed by atoms with Crippen molar-refractivity contribution in [2.75, 3.05) is 12.4 Å². The van der Waals surface area contributed by atoms with Gasteiger partial charge in [0.15, 0.2) is 0 Å². The molecule has 2 aromatic carbocycles. The number of nitrogens with one attached hydrogen (secondary N) is 1. The van der Waals surface area contributed by atoms with Gasteiger partial charge in [0.1, 0.15) is 17.3 Å². The molecule has 146 valence electrons. The molecule has 28 heavy (non-hydrogen) atoms. The lowest BCUT2D eigenvalue weighted by Crippen LogP contribution is -2.19. The first-order valence-electron chi connectivity index (χ1n) is 9.18. The minimum atomic E-state index is -0.273. The summed E-state index contributed by atoms with van der Waals surface area (Å²) in [7, 11) is 1.58. The summed E-state index contributed by atoms with van der Waals surface area (Å²) in [4.78, 5) is 13.2. The Hall–Kier alpha value is -3.08. The number of hydrogen-bond acceptors (Lipinski definition) is 2. The van der Waals surface area contributed by atoms with Gasteiger partial charge >= 0.3 is 0 Å². The number of benzene rings is 2. The first-order chi connectivity index (χ1) is 13.3. The van der Waals surface area contributed by atoms with Gasteiger partial charge in [0, 0.05) is 12.2 Å². The van der Waals surface area contributed by atoms with E-state index in [1.807, 2.05) is 50.5 Å². The van der Waals surface area contributed by atoms with Crippen molar-refractivity contribution in [1.29, 1.82) is 0 Å². The highest BCUT2D eigenvalue weighted by molar-refractivity contribution is 6.05. The number of halogens is 1. The SMILES string of the molecule is COc1ccc(C)cc1NC(=O)c1c(C)c(C)c(C)n1Cc1ccc(F)cc1. The summed E-state index contributed by atoms with van der Waals surface area (Å²) in [5.74, 6) is 0.145. The van der Waals surface area contributed by atoms with Crippen LogP contribution in [-0.2, 0) is 6.54 Å². The first kappa shape index (κ1) is 19.7. The molecule has 1 N–H and O–H groups in total. The molecule has 5 heteroatoms. The Labute approximate surface area is 165 Å². The summed E-state index contributed by atoms with van der Waals surface area (Å²) in [6.07, 6.45) is 0. The third kappa shape index (κ3) is 3.79. The first-order valence-corrected chi connectivity index (χ1v) is 9.18. The van der Waals surface area contributed by atoms with Crippen LogP contribution in [0.25, 0.3) is 0 Å². The molecule has 0 bridgehead atoms. The van der Waals surface area contributed by atoms with Gasteiger partial charge in [0.05, 0.1) is 12.8 Å². The lowest BCUT2D eigenvalue weighted by molar-refractivity contribution is 0.101. The monoisotopic (exact) mass is 380 g/mol. The Kier molecular flexibility index (Phi) is 5.54. The van der Waals surface area contributed by atoms with Crippen LogP contribution in [0.15, 0.2) is 42.5 Å². The molecule has 1 aromatic heterocycles. The van der Waals surface area contributed by atoms with E-state index in [0.717, 1.165) is 27.9 Å². The molecule has 1 amide bonds. The number of carbonyl (C=O) groups excluding carboxylic acids is 1. The molecule has 3 rings (SSSR count). The standard InChI is InChI=1S/C23H25FN2O2/c1-14-6-11-21(28-5)20(12-14)25-23(27)22-16(3)15(2)17(4)26(22)13-18-7-9-19(24)10-8-18/h6-12H,13H2,1-5H3,(H,25,27). The number of anilines is 1. The smallest absolute Gasteiger partial charge is 0.272 e. The van der Waals surface area contributed by atoms with Crippen LogP contribution in [0, 0.1) is 33.5 Å². The maximum absolute atomic E-state index is 13.2. The fraction of sp³-hybridized carbons (Fsp3) is 0.261. The van der Waals surface area contributed by atoms with Gasteiger partial charge < -0.3 is 14.6 Å². The molecule has 1 heterocycles. The van der Waals surface area contributed by atoms with Crippen molar-refractivity contribution in [2.24, 2.45) is 0 Å². The summed E-state index contributed by atoms with van der Waals surface area (Å²) in [5.41, 5.74) is 6.22. The van der Waals surface area contributed by atoms with Crippen LogP contribution in [0.4, 0.5) is 10.1 Å². The Balaban J connectivity index is 1.99. The highest BCUT2D eigenvalue weighted by Gasteiger charge is 2.22. The number of amides is 1. The summed E-state index contributed by atoms with van der Waals surface area (Å²) in [6.45, 7) is 8.41. The van der Waals surface area contributed by atoms with E-state index in [1.54, 1.807) is 19.2 Å². The molecule has 0 fully saturated rings. The van der Waals surface area contributed by atoms with E-state index in [0.29, 0.717) is 23.7 Å². The number of ether oxygens (including phenoxy) is 1. The van der Waals surface area contributed by atoms with E-state index >= 15 is 0 Å².